The van der Waals surface area contributed by atoms with Crippen LogP contribution in [0.15, 0.2) is 12.1 Å². The van der Waals surface area contributed by atoms with Gasteiger partial charge in [0, 0.05) is 25.8 Å². The first kappa shape index (κ1) is 14.5. The Balaban J connectivity index is 1.94. The summed E-state index contributed by atoms with van der Waals surface area (Å²) in [6.07, 6.45) is 2.39. The molecular formula is C17H27NO. The molecule has 0 radical (unpaired) electrons. The van der Waals surface area contributed by atoms with Crippen LogP contribution in [0.2, 0.25) is 0 Å². The summed E-state index contributed by atoms with van der Waals surface area (Å²) in [6.45, 7) is 11.8. The summed E-state index contributed by atoms with van der Waals surface area (Å²) in [7, 11) is 0. The van der Waals surface area contributed by atoms with E-state index >= 15 is 0 Å². The van der Waals surface area contributed by atoms with Crippen molar-refractivity contribution in [3.05, 3.63) is 34.4 Å². The van der Waals surface area contributed by atoms with Crippen LogP contribution in [0.4, 0.5) is 0 Å². The lowest BCUT2D eigenvalue weighted by Gasteiger charge is -2.29. The van der Waals surface area contributed by atoms with Gasteiger partial charge >= 0.3 is 0 Å². The zero-order valence-corrected chi connectivity index (χ0v) is 12.8. The van der Waals surface area contributed by atoms with E-state index in [0.29, 0.717) is 6.04 Å². The van der Waals surface area contributed by atoms with Gasteiger partial charge in [-0.15, -0.1) is 0 Å². The molecule has 2 heteroatoms. The average molecular weight is 261 g/mol. The van der Waals surface area contributed by atoms with Crippen molar-refractivity contribution < 1.29 is 4.74 Å². The molecule has 1 aromatic rings. The van der Waals surface area contributed by atoms with E-state index in [1.165, 1.54) is 35.1 Å². The molecule has 0 aliphatic carbocycles. The molecule has 1 saturated heterocycles. The fraction of sp³-hybridized carbons (Fsp3) is 0.647. The Kier molecular flexibility index (Phi) is 5.00. The van der Waals surface area contributed by atoms with Gasteiger partial charge in [0.05, 0.1) is 0 Å². The Bertz CT molecular complexity index is 398. The minimum Gasteiger partial charge on any atom is -0.381 e. The number of nitrogens with one attached hydrogen (secondary N) is 1. The zero-order valence-electron chi connectivity index (χ0n) is 12.8. The van der Waals surface area contributed by atoms with E-state index in [1.54, 1.807) is 0 Å². The predicted molar refractivity (Wildman–Crippen MR) is 80.5 cm³/mol. The third-order valence-corrected chi connectivity index (χ3v) is 4.41. The minimum atomic E-state index is 0.573. The molecule has 1 aliphatic heterocycles. The molecule has 0 saturated carbocycles. The van der Waals surface area contributed by atoms with E-state index in [1.807, 2.05) is 0 Å². The Hall–Kier alpha value is -0.860. The molecule has 1 aliphatic rings. The lowest BCUT2D eigenvalue weighted by Crippen LogP contribution is -2.36. The second-order valence-corrected chi connectivity index (χ2v) is 6.00. The average Bonchev–Trinajstić information content (AvgIpc) is 2.38. The van der Waals surface area contributed by atoms with Gasteiger partial charge in [0.15, 0.2) is 0 Å². The van der Waals surface area contributed by atoms with Crippen LogP contribution in [0.3, 0.4) is 0 Å². The van der Waals surface area contributed by atoms with Crippen molar-refractivity contribution in [3.8, 4) is 0 Å². The fourth-order valence-corrected chi connectivity index (χ4v) is 3.13. The molecule has 0 spiro atoms. The van der Waals surface area contributed by atoms with E-state index in [4.69, 9.17) is 4.74 Å². The first-order valence-electron chi connectivity index (χ1n) is 7.46. The quantitative estimate of drug-likeness (QED) is 0.895. The Labute approximate surface area is 117 Å². The third-order valence-electron chi connectivity index (χ3n) is 4.41. The first-order chi connectivity index (χ1) is 9.08. The van der Waals surface area contributed by atoms with Crippen molar-refractivity contribution in [1.29, 1.82) is 0 Å². The highest BCUT2D eigenvalue weighted by Gasteiger charge is 2.20. The van der Waals surface area contributed by atoms with Gasteiger partial charge in [-0.2, -0.15) is 0 Å². The molecule has 2 nitrogen and oxygen atoms in total. The molecular weight excluding hydrogens is 234 g/mol. The van der Waals surface area contributed by atoms with Gasteiger partial charge in [-0.25, -0.2) is 0 Å². The zero-order chi connectivity index (χ0) is 13.8. The summed E-state index contributed by atoms with van der Waals surface area (Å²) in [5.41, 5.74) is 5.63. The van der Waals surface area contributed by atoms with Gasteiger partial charge in [-0.05, 0) is 63.1 Å². The minimum absolute atomic E-state index is 0.573. The number of benzene rings is 1. The lowest BCUT2D eigenvalue weighted by atomic mass is 9.92. The van der Waals surface area contributed by atoms with Crippen molar-refractivity contribution in [1.82, 2.24) is 5.32 Å². The number of aryl methyl sites for hydroxylation is 3. The number of rotatable bonds is 4. The van der Waals surface area contributed by atoms with Crippen LogP contribution >= 0.6 is 0 Å². The maximum absolute atomic E-state index is 5.44. The van der Waals surface area contributed by atoms with Gasteiger partial charge in [-0.1, -0.05) is 17.7 Å². The van der Waals surface area contributed by atoms with Crippen LogP contribution in [0.1, 0.15) is 42.0 Å². The predicted octanol–water partition coefficient (Wildman–Crippen LogP) is 3.52. The molecule has 106 valence electrons. The summed E-state index contributed by atoms with van der Waals surface area (Å²) in [4.78, 5) is 0. The smallest absolute Gasteiger partial charge is 0.0469 e. The molecule has 2 rings (SSSR count). The van der Waals surface area contributed by atoms with Gasteiger partial charge in [0.1, 0.15) is 0 Å². The molecule has 1 heterocycles. The molecule has 0 aromatic heterocycles. The second-order valence-electron chi connectivity index (χ2n) is 6.00. The highest BCUT2D eigenvalue weighted by atomic mass is 16.5. The van der Waals surface area contributed by atoms with Gasteiger partial charge in [0.25, 0.3) is 0 Å². The van der Waals surface area contributed by atoms with Crippen molar-refractivity contribution in [2.75, 3.05) is 13.2 Å². The van der Waals surface area contributed by atoms with Crippen LogP contribution in [0.25, 0.3) is 0 Å². The highest BCUT2D eigenvalue weighted by Crippen LogP contribution is 2.20. The molecule has 1 N–H and O–H groups in total. The number of hydrogen-bond donors (Lipinski definition) is 1. The highest BCUT2D eigenvalue weighted by molar-refractivity contribution is 5.37. The molecule has 1 aromatic carbocycles. The van der Waals surface area contributed by atoms with Gasteiger partial charge < -0.3 is 10.1 Å². The van der Waals surface area contributed by atoms with E-state index in [9.17, 15) is 0 Å². The van der Waals surface area contributed by atoms with E-state index < -0.39 is 0 Å². The molecule has 0 bridgehead atoms. The van der Waals surface area contributed by atoms with Crippen LogP contribution in [0, 0.1) is 26.7 Å². The summed E-state index contributed by atoms with van der Waals surface area (Å²) in [6, 6.07) is 5.13. The maximum Gasteiger partial charge on any atom is 0.0469 e. The normalized spacial score (nSPS) is 18.5. The second kappa shape index (κ2) is 6.53. The van der Waals surface area contributed by atoms with Crippen LogP contribution in [0.5, 0.6) is 0 Å². The standard InChI is InChI=1S/C17H27NO/c1-12-9-13(2)17(14(3)10-12)11-18-15(4)16-5-7-19-8-6-16/h9-10,15-16,18H,5-8,11H2,1-4H3. The van der Waals surface area contributed by atoms with Gasteiger partial charge in [-0.3, -0.25) is 0 Å². The number of ether oxygens (including phenoxy) is 1. The first-order valence-corrected chi connectivity index (χ1v) is 7.46. The molecule has 1 atom stereocenters. The Morgan fingerprint density at radius 2 is 1.74 bits per heavy atom. The van der Waals surface area contributed by atoms with Crippen LogP contribution in [-0.4, -0.2) is 19.3 Å². The third kappa shape index (κ3) is 3.80. The molecule has 1 fully saturated rings. The summed E-state index contributed by atoms with van der Waals surface area (Å²) >= 11 is 0. The fourth-order valence-electron chi connectivity index (χ4n) is 3.13. The molecule has 0 amide bonds. The van der Waals surface area contributed by atoms with Crippen LogP contribution < -0.4 is 5.32 Å². The van der Waals surface area contributed by atoms with Gasteiger partial charge in [0.2, 0.25) is 0 Å². The van der Waals surface area contributed by atoms with E-state index in [0.717, 1.165) is 25.7 Å². The van der Waals surface area contributed by atoms with E-state index in [-0.39, 0.29) is 0 Å². The summed E-state index contributed by atoms with van der Waals surface area (Å²) in [5, 5.41) is 3.71. The maximum atomic E-state index is 5.44. The number of hydrogen-bond acceptors (Lipinski definition) is 2. The topological polar surface area (TPSA) is 21.3 Å². The summed E-state index contributed by atoms with van der Waals surface area (Å²) in [5.74, 6) is 0.764. The SMILES string of the molecule is Cc1cc(C)c(CNC(C)C2CCOCC2)c(C)c1. The van der Waals surface area contributed by atoms with Crippen LogP contribution in [-0.2, 0) is 11.3 Å². The van der Waals surface area contributed by atoms with Crippen molar-refractivity contribution in [2.45, 2.75) is 53.1 Å². The monoisotopic (exact) mass is 261 g/mol. The molecule has 19 heavy (non-hydrogen) atoms. The largest absolute Gasteiger partial charge is 0.381 e. The Morgan fingerprint density at radius 1 is 1.16 bits per heavy atom. The lowest BCUT2D eigenvalue weighted by molar-refractivity contribution is 0.0557. The van der Waals surface area contributed by atoms with Crippen molar-refractivity contribution in [3.63, 3.8) is 0 Å². The molecule has 1 unspecified atom stereocenters. The van der Waals surface area contributed by atoms with E-state index in [2.05, 4.69) is 45.1 Å². The summed E-state index contributed by atoms with van der Waals surface area (Å²) < 4.78 is 5.44. The Morgan fingerprint density at radius 3 is 2.32 bits per heavy atom. The van der Waals surface area contributed by atoms with Crippen molar-refractivity contribution in [2.24, 2.45) is 5.92 Å². The van der Waals surface area contributed by atoms with Crippen molar-refractivity contribution >= 4 is 0 Å².